The average molecular weight is 1200 g/mol. The highest BCUT2D eigenvalue weighted by atomic mass is 35.5. The molecule has 16 nitrogen and oxygen atoms in total. The topological polar surface area (TPSA) is 210 Å². The molecule has 12 rings (SSSR count). The molecule has 20 heteroatoms. The number of amides is 2. The Morgan fingerprint density at radius 3 is 1.38 bits per heavy atom. The number of sulfonamides is 2. The Morgan fingerprint density at radius 1 is 0.573 bits per heavy atom. The van der Waals surface area contributed by atoms with Gasteiger partial charge in [-0.2, -0.15) is 0 Å². The number of ether oxygens (including phenoxy) is 4. The van der Waals surface area contributed by atoms with Crippen LogP contribution in [0, 0.1) is 23.7 Å². The van der Waals surface area contributed by atoms with Crippen molar-refractivity contribution in [1.29, 1.82) is 0 Å². The predicted octanol–water partition coefficient (Wildman–Crippen LogP) is 8.74. The number of rotatable bonds is 0. The zero-order chi connectivity index (χ0) is 58.0. The quantitative estimate of drug-likeness (QED) is 0.121. The number of fused-ring (bicyclic) bond motifs is 8. The van der Waals surface area contributed by atoms with Crippen molar-refractivity contribution in [2.75, 3.05) is 62.4 Å². The van der Waals surface area contributed by atoms with Crippen molar-refractivity contribution in [3.8, 4) is 11.5 Å². The van der Waals surface area contributed by atoms with Crippen LogP contribution in [0.5, 0.6) is 11.5 Å². The fourth-order valence-electron chi connectivity index (χ4n) is 13.6. The lowest BCUT2D eigenvalue weighted by atomic mass is 9.68. The number of aliphatic hydroxyl groups excluding tert-OH is 2. The standard InChI is InChI=1S/2C31H37ClN2O6S/c2*1-30(2)29(36)33-41(37,38)23-9-12-28-26(16-23)34(17-21-7-10-24(21)27(35)6-4-14-40-30)18-31(19-39-28)13-3-5-20-15-22(32)8-11-25(20)31/h2*4,6,8-9,11-12,15-16,21,24,27,35H,3,5,7,10,13-14,17-19H2,1-2H3,(H,33,36)/b6-4+;6-4-/t2*21-,24+,27-,31-/m00/s1. The molecule has 8 aliphatic rings. The van der Waals surface area contributed by atoms with Gasteiger partial charge in [0.1, 0.15) is 22.7 Å². The minimum absolute atomic E-state index is 0.0158. The number of anilines is 2. The van der Waals surface area contributed by atoms with Crippen LogP contribution in [0.3, 0.4) is 0 Å². The summed E-state index contributed by atoms with van der Waals surface area (Å²) in [5.74, 6) is 0.261. The summed E-state index contributed by atoms with van der Waals surface area (Å²) in [5.41, 5.74) is 2.86. The number of aryl methyl sites for hydroxylation is 2. The SMILES string of the molecule is CC1(C)OC/C=C/[C@H](O)[C@@H]2CC[C@H]2CN2C[C@@]3(CCCc4cc(Cl)ccc43)COc3ccc(cc32)S(=O)(=O)NC1=O.CC1(C)OC/C=C\[C@H](O)[C@@H]2CC[C@H]2CN2C[C@@]3(CCCc4cc(Cl)ccc43)COc3ccc(cc32)S(=O)(=O)NC1=O. The molecule has 4 aliphatic heterocycles. The van der Waals surface area contributed by atoms with Gasteiger partial charge < -0.3 is 39.0 Å². The lowest BCUT2D eigenvalue weighted by Crippen LogP contribution is -2.49. The molecular weight excluding hydrogens is 1130 g/mol. The second kappa shape index (κ2) is 22.7. The van der Waals surface area contributed by atoms with Crippen LogP contribution in [-0.2, 0) is 62.8 Å². The maximum atomic E-state index is 13.4. The number of carbonyl (C=O) groups excluding carboxylic acids is 2. The van der Waals surface area contributed by atoms with Gasteiger partial charge in [-0.15, -0.1) is 0 Å². The Balaban J connectivity index is 0.000000172. The van der Waals surface area contributed by atoms with E-state index in [0.29, 0.717) is 72.3 Å². The van der Waals surface area contributed by atoms with Crippen molar-refractivity contribution in [3.63, 3.8) is 0 Å². The van der Waals surface area contributed by atoms with E-state index in [9.17, 15) is 36.6 Å². The first-order chi connectivity index (χ1) is 38.9. The molecule has 4 aromatic carbocycles. The molecule has 4 aliphatic carbocycles. The van der Waals surface area contributed by atoms with Crippen LogP contribution >= 0.6 is 23.2 Å². The highest BCUT2D eigenvalue weighted by Gasteiger charge is 2.47. The Labute approximate surface area is 491 Å². The molecule has 0 unspecified atom stereocenters. The average Bonchev–Trinajstić information content (AvgIpc) is 3.92. The highest BCUT2D eigenvalue weighted by molar-refractivity contribution is 7.90. The maximum absolute atomic E-state index is 13.4. The first-order valence-corrected chi connectivity index (χ1v) is 32.4. The maximum Gasteiger partial charge on any atom is 0.265 e. The molecule has 4 heterocycles. The lowest BCUT2D eigenvalue weighted by Gasteiger charge is -2.45. The van der Waals surface area contributed by atoms with E-state index in [0.717, 1.165) is 64.2 Å². The molecule has 8 atom stereocenters. The molecule has 82 heavy (non-hydrogen) atoms. The molecular formula is C62H74Cl2N4O12S2. The van der Waals surface area contributed by atoms with E-state index in [2.05, 4.69) is 31.4 Å². The zero-order valence-corrected chi connectivity index (χ0v) is 50.0. The molecule has 0 aromatic heterocycles. The minimum atomic E-state index is -4.18. The number of benzene rings is 4. The van der Waals surface area contributed by atoms with Crippen molar-refractivity contribution in [3.05, 3.63) is 129 Å². The summed E-state index contributed by atoms with van der Waals surface area (Å²) in [6, 6.07) is 21.8. The summed E-state index contributed by atoms with van der Waals surface area (Å²) in [6.45, 7) is 9.73. The minimum Gasteiger partial charge on any atom is -0.490 e. The Bertz CT molecular complexity index is 3210. The number of nitrogens with one attached hydrogen (secondary N) is 2. The highest BCUT2D eigenvalue weighted by Crippen LogP contribution is 2.49. The first-order valence-electron chi connectivity index (χ1n) is 28.7. The summed E-state index contributed by atoms with van der Waals surface area (Å²) >= 11 is 12.7. The number of aliphatic hydroxyl groups is 2. The number of carbonyl (C=O) groups is 2. The monoisotopic (exact) mass is 1200 g/mol. The molecule has 440 valence electrons. The van der Waals surface area contributed by atoms with Crippen molar-refractivity contribution < 1.29 is 55.6 Å². The third-order valence-corrected chi connectivity index (χ3v) is 21.8. The second-order valence-electron chi connectivity index (χ2n) is 24.8. The fourth-order valence-corrected chi connectivity index (χ4v) is 16.2. The van der Waals surface area contributed by atoms with Gasteiger partial charge in [0.25, 0.3) is 31.9 Å². The molecule has 2 fully saturated rings. The Morgan fingerprint density at radius 2 is 0.988 bits per heavy atom. The van der Waals surface area contributed by atoms with Gasteiger partial charge in [0.15, 0.2) is 0 Å². The number of hydrogen-bond donors (Lipinski definition) is 4. The van der Waals surface area contributed by atoms with Gasteiger partial charge in [0.05, 0.1) is 59.8 Å². The van der Waals surface area contributed by atoms with Crippen LogP contribution in [0.4, 0.5) is 11.4 Å². The van der Waals surface area contributed by atoms with E-state index in [4.69, 9.17) is 42.1 Å². The van der Waals surface area contributed by atoms with Gasteiger partial charge in [0.2, 0.25) is 0 Å². The van der Waals surface area contributed by atoms with Gasteiger partial charge in [0, 0.05) is 47.1 Å². The van der Waals surface area contributed by atoms with Crippen molar-refractivity contribution >= 4 is 66.4 Å². The van der Waals surface area contributed by atoms with Gasteiger partial charge in [-0.05, 0) is 198 Å². The second-order valence-corrected chi connectivity index (χ2v) is 29.1. The number of hydrogen-bond acceptors (Lipinski definition) is 14. The molecule has 0 radical (unpaired) electrons. The molecule has 2 amide bonds. The predicted molar refractivity (Wildman–Crippen MR) is 314 cm³/mol. The van der Waals surface area contributed by atoms with E-state index in [1.54, 1.807) is 48.6 Å². The summed E-state index contributed by atoms with van der Waals surface area (Å²) in [5, 5.41) is 23.5. The van der Waals surface area contributed by atoms with Crippen LogP contribution in [0.25, 0.3) is 0 Å². The van der Waals surface area contributed by atoms with E-state index < -0.39 is 55.3 Å². The van der Waals surface area contributed by atoms with Gasteiger partial charge in [-0.3, -0.25) is 9.59 Å². The van der Waals surface area contributed by atoms with E-state index in [1.165, 1.54) is 62.1 Å². The number of halogens is 2. The van der Waals surface area contributed by atoms with E-state index in [-0.39, 0.29) is 57.5 Å². The summed E-state index contributed by atoms with van der Waals surface area (Å²) in [6.07, 6.45) is 15.1. The first kappa shape index (κ1) is 58.6. The lowest BCUT2D eigenvalue weighted by molar-refractivity contribution is -0.139. The van der Waals surface area contributed by atoms with E-state index >= 15 is 0 Å². The van der Waals surface area contributed by atoms with Crippen molar-refractivity contribution in [2.45, 2.75) is 136 Å². The van der Waals surface area contributed by atoms with Crippen LogP contribution < -0.4 is 28.7 Å². The molecule has 2 saturated carbocycles. The van der Waals surface area contributed by atoms with Crippen LogP contribution in [0.15, 0.2) is 107 Å². The van der Waals surface area contributed by atoms with Gasteiger partial charge in [-0.1, -0.05) is 59.6 Å². The van der Waals surface area contributed by atoms with Crippen LogP contribution in [0.1, 0.15) is 101 Å². The van der Waals surface area contributed by atoms with Crippen LogP contribution in [0.2, 0.25) is 10.0 Å². The van der Waals surface area contributed by atoms with Crippen molar-refractivity contribution in [2.24, 2.45) is 23.7 Å². The fraction of sp³-hybridized carbons (Fsp3) is 0.516. The molecule has 4 N–H and O–H groups in total. The molecule has 0 saturated heterocycles. The van der Waals surface area contributed by atoms with Crippen molar-refractivity contribution in [1.82, 2.24) is 9.44 Å². The third kappa shape index (κ3) is 11.7. The Kier molecular flexibility index (Phi) is 16.2. The van der Waals surface area contributed by atoms with E-state index in [1.807, 2.05) is 24.3 Å². The summed E-state index contributed by atoms with van der Waals surface area (Å²) < 4.78 is 82.4. The summed E-state index contributed by atoms with van der Waals surface area (Å²) in [4.78, 5) is 30.4. The largest absolute Gasteiger partial charge is 0.490 e. The molecule has 4 aromatic rings. The van der Waals surface area contributed by atoms with Gasteiger partial charge in [-0.25, -0.2) is 26.3 Å². The Hall–Kier alpha value is -5.18. The van der Waals surface area contributed by atoms with Crippen LogP contribution in [-0.4, -0.2) is 115 Å². The zero-order valence-electron chi connectivity index (χ0n) is 46.9. The third-order valence-electron chi connectivity index (χ3n) is 18.7. The number of nitrogens with zero attached hydrogens (tertiary/aromatic N) is 2. The normalized spacial score (nSPS) is 31.5. The smallest absolute Gasteiger partial charge is 0.265 e. The molecule has 4 bridgehead atoms. The summed E-state index contributed by atoms with van der Waals surface area (Å²) in [7, 11) is -8.37. The van der Waals surface area contributed by atoms with Gasteiger partial charge >= 0.3 is 0 Å². The molecule has 2 spiro atoms.